The molecule has 6 nitrogen and oxygen atoms in total. The van der Waals surface area contributed by atoms with Crippen molar-refractivity contribution in [1.82, 2.24) is 9.97 Å². The van der Waals surface area contributed by atoms with Crippen LogP contribution in [0.1, 0.15) is 12.1 Å². The van der Waals surface area contributed by atoms with E-state index in [1.807, 2.05) is 0 Å². The minimum Gasteiger partial charge on any atom is -0.463 e. The maximum Gasteiger partial charge on any atom is 0.433 e. The van der Waals surface area contributed by atoms with E-state index in [2.05, 4.69) is 9.97 Å². The summed E-state index contributed by atoms with van der Waals surface area (Å²) in [5.74, 6) is -0.0283. The standard InChI is InChI=1S/C15H11F3N2O4S/c16-15(17,18)12-4-7(9-2-1-3-22-9)19-14(20-12)25-11-5-8(21)13-23-6-10(11)24-13/h1-4,10-11,13H,5-6H2/t10-,11-,13+/m0/s1. The first kappa shape index (κ1) is 16.6. The third-order valence-electron chi connectivity index (χ3n) is 3.82. The summed E-state index contributed by atoms with van der Waals surface area (Å²) in [5.41, 5.74) is -1.04. The molecule has 4 heterocycles. The van der Waals surface area contributed by atoms with Gasteiger partial charge in [-0.3, -0.25) is 4.79 Å². The zero-order chi connectivity index (χ0) is 17.6. The van der Waals surface area contributed by atoms with Gasteiger partial charge < -0.3 is 13.9 Å². The number of ketones is 1. The summed E-state index contributed by atoms with van der Waals surface area (Å²) in [6, 6.07) is 3.90. The Bertz CT molecular complexity index is 797. The molecule has 2 saturated heterocycles. The molecule has 132 valence electrons. The van der Waals surface area contributed by atoms with Gasteiger partial charge in [-0.1, -0.05) is 11.8 Å². The molecule has 0 unspecified atom stereocenters. The van der Waals surface area contributed by atoms with Crippen LogP contribution in [0.15, 0.2) is 34.0 Å². The van der Waals surface area contributed by atoms with E-state index in [4.69, 9.17) is 13.9 Å². The third-order valence-corrected chi connectivity index (χ3v) is 4.98. The SMILES string of the molecule is O=C1C[C@H](Sc2nc(-c3ccco3)cc(C(F)(F)F)n2)[C@@H]2CO[C@@H]1O2. The van der Waals surface area contributed by atoms with Crippen molar-refractivity contribution in [2.75, 3.05) is 6.61 Å². The summed E-state index contributed by atoms with van der Waals surface area (Å²) in [7, 11) is 0. The number of aromatic nitrogens is 2. The Morgan fingerprint density at radius 2 is 2.12 bits per heavy atom. The van der Waals surface area contributed by atoms with Crippen molar-refractivity contribution >= 4 is 17.5 Å². The monoisotopic (exact) mass is 372 g/mol. The van der Waals surface area contributed by atoms with E-state index in [1.54, 1.807) is 6.07 Å². The second-order valence-corrected chi connectivity index (χ2v) is 6.77. The second kappa shape index (κ2) is 6.11. The Balaban J connectivity index is 1.66. The van der Waals surface area contributed by atoms with Crippen LogP contribution in [0, 0.1) is 0 Å². The van der Waals surface area contributed by atoms with Gasteiger partial charge in [-0.2, -0.15) is 13.2 Å². The molecule has 0 aliphatic carbocycles. The number of carbonyl (C=O) groups is 1. The van der Waals surface area contributed by atoms with Crippen molar-refractivity contribution in [3.05, 3.63) is 30.2 Å². The molecule has 2 aliphatic heterocycles. The lowest BCUT2D eigenvalue weighted by Crippen LogP contribution is -2.37. The van der Waals surface area contributed by atoms with E-state index in [0.29, 0.717) is 0 Å². The maximum atomic E-state index is 13.2. The van der Waals surface area contributed by atoms with Crippen LogP contribution >= 0.6 is 11.8 Å². The van der Waals surface area contributed by atoms with Gasteiger partial charge in [0.25, 0.3) is 0 Å². The summed E-state index contributed by atoms with van der Waals surface area (Å²) in [4.78, 5) is 19.6. The molecule has 10 heteroatoms. The first-order chi connectivity index (χ1) is 11.9. The number of rotatable bonds is 3. The number of Topliss-reactive ketones (excluding diaryl/α,β-unsaturated/α-hetero) is 1. The molecule has 2 fully saturated rings. The Kier molecular flexibility index (Phi) is 4.05. The van der Waals surface area contributed by atoms with Gasteiger partial charge >= 0.3 is 6.18 Å². The van der Waals surface area contributed by atoms with Crippen LogP contribution in [-0.2, 0) is 20.4 Å². The lowest BCUT2D eigenvalue weighted by Gasteiger charge is -2.25. The molecular formula is C15H11F3N2O4S. The fraction of sp³-hybridized carbons (Fsp3) is 0.400. The van der Waals surface area contributed by atoms with E-state index in [9.17, 15) is 18.0 Å². The topological polar surface area (TPSA) is 74.5 Å². The van der Waals surface area contributed by atoms with Gasteiger partial charge in [0, 0.05) is 11.7 Å². The van der Waals surface area contributed by atoms with Crippen molar-refractivity contribution < 1.29 is 31.9 Å². The molecule has 0 spiro atoms. The van der Waals surface area contributed by atoms with Crippen LogP contribution < -0.4 is 0 Å². The zero-order valence-corrected chi connectivity index (χ0v) is 13.3. The molecule has 2 aliphatic rings. The Labute approximate surface area is 143 Å². The fourth-order valence-corrected chi connectivity index (χ4v) is 3.75. The van der Waals surface area contributed by atoms with E-state index in [0.717, 1.165) is 17.8 Å². The van der Waals surface area contributed by atoms with Crippen LogP contribution in [0.25, 0.3) is 11.5 Å². The van der Waals surface area contributed by atoms with Crippen molar-refractivity contribution in [3.63, 3.8) is 0 Å². The normalized spacial score (nSPS) is 26.2. The minimum atomic E-state index is -4.62. The summed E-state index contributed by atoms with van der Waals surface area (Å²) in [5, 5.41) is -0.493. The number of nitrogens with zero attached hydrogens (tertiary/aromatic N) is 2. The summed E-state index contributed by atoms with van der Waals surface area (Å²) in [6.07, 6.45) is -4.38. The molecule has 0 radical (unpaired) electrons. The van der Waals surface area contributed by atoms with Crippen LogP contribution in [0.2, 0.25) is 0 Å². The largest absolute Gasteiger partial charge is 0.463 e. The summed E-state index contributed by atoms with van der Waals surface area (Å²) in [6.45, 7) is 0.220. The number of ether oxygens (including phenoxy) is 2. The Hall–Kier alpha value is -1.91. The number of furan rings is 1. The van der Waals surface area contributed by atoms with Gasteiger partial charge in [0.05, 0.1) is 19.0 Å². The highest BCUT2D eigenvalue weighted by molar-refractivity contribution is 7.99. The third kappa shape index (κ3) is 3.29. The lowest BCUT2D eigenvalue weighted by molar-refractivity contribution is -0.151. The fourth-order valence-electron chi connectivity index (χ4n) is 2.64. The minimum absolute atomic E-state index is 0.0263. The van der Waals surface area contributed by atoms with Gasteiger partial charge in [0.15, 0.2) is 16.7 Å². The second-order valence-electron chi connectivity index (χ2n) is 5.56. The van der Waals surface area contributed by atoms with E-state index < -0.39 is 23.4 Å². The van der Waals surface area contributed by atoms with Crippen molar-refractivity contribution in [2.24, 2.45) is 0 Å². The molecule has 0 aromatic carbocycles. The smallest absolute Gasteiger partial charge is 0.433 e. The molecule has 4 rings (SSSR count). The molecule has 0 saturated carbocycles. The maximum absolute atomic E-state index is 13.2. The van der Waals surface area contributed by atoms with Gasteiger partial charge in [-0.05, 0) is 18.2 Å². The highest BCUT2D eigenvalue weighted by Crippen LogP contribution is 2.37. The number of thioether (sulfide) groups is 1. The number of carbonyl (C=O) groups excluding carboxylic acids is 1. The van der Waals surface area contributed by atoms with Gasteiger partial charge in [-0.15, -0.1) is 0 Å². The van der Waals surface area contributed by atoms with Gasteiger partial charge in [0.2, 0.25) is 6.29 Å². The average molecular weight is 372 g/mol. The number of halogens is 3. The zero-order valence-electron chi connectivity index (χ0n) is 12.5. The first-order valence-corrected chi connectivity index (χ1v) is 8.25. The Morgan fingerprint density at radius 3 is 2.84 bits per heavy atom. The summed E-state index contributed by atoms with van der Waals surface area (Å²) >= 11 is 0.980. The van der Waals surface area contributed by atoms with Crippen LogP contribution in [0.4, 0.5) is 13.2 Å². The number of fused-ring (bicyclic) bond motifs is 2. The molecule has 2 aromatic rings. The predicted octanol–water partition coefficient (Wildman–Crippen LogP) is 2.93. The number of hydrogen-bond acceptors (Lipinski definition) is 7. The van der Waals surface area contributed by atoms with Crippen LogP contribution in [0.5, 0.6) is 0 Å². The number of hydrogen-bond donors (Lipinski definition) is 0. The van der Waals surface area contributed by atoms with Crippen molar-refractivity contribution in [3.8, 4) is 11.5 Å². The van der Waals surface area contributed by atoms with Gasteiger partial charge in [0.1, 0.15) is 11.4 Å². The van der Waals surface area contributed by atoms with Crippen molar-refractivity contribution in [1.29, 1.82) is 0 Å². The van der Waals surface area contributed by atoms with Crippen molar-refractivity contribution in [2.45, 2.75) is 35.4 Å². The van der Waals surface area contributed by atoms with E-state index in [1.165, 1.54) is 12.3 Å². The Morgan fingerprint density at radius 1 is 1.28 bits per heavy atom. The molecule has 2 bridgehead atoms. The molecule has 0 N–H and O–H groups in total. The number of alkyl halides is 3. The molecule has 25 heavy (non-hydrogen) atoms. The highest BCUT2D eigenvalue weighted by Gasteiger charge is 2.44. The van der Waals surface area contributed by atoms with Crippen LogP contribution in [-0.4, -0.2) is 40.0 Å². The van der Waals surface area contributed by atoms with E-state index in [-0.39, 0.29) is 41.5 Å². The molecular weight excluding hydrogens is 361 g/mol. The van der Waals surface area contributed by atoms with Crippen LogP contribution in [0.3, 0.4) is 0 Å². The lowest BCUT2D eigenvalue weighted by atomic mass is 10.1. The average Bonchev–Trinajstić information content (AvgIpc) is 3.23. The molecule has 3 atom stereocenters. The highest BCUT2D eigenvalue weighted by atomic mass is 32.2. The van der Waals surface area contributed by atoms with Gasteiger partial charge in [-0.25, -0.2) is 9.97 Å². The quantitative estimate of drug-likeness (QED) is 0.767. The molecule has 2 aromatic heterocycles. The van der Waals surface area contributed by atoms with E-state index >= 15 is 0 Å². The predicted molar refractivity (Wildman–Crippen MR) is 78.6 cm³/mol. The molecule has 0 amide bonds. The summed E-state index contributed by atoms with van der Waals surface area (Å²) < 4.78 is 55.2. The first-order valence-electron chi connectivity index (χ1n) is 7.37.